The molecule has 2 fully saturated rings. The predicted octanol–water partition coefficient (Wildman–Crippen LogP) is 2.02. The van der Waals surface area contributed by atoms with Crippen LogP contribution in [0.25, 0.3) is 0 Å². The van der Waals surface area contributed by atoms with Crippen LogP contribution in [-0.2, 0) is 9.53 Å². The molecule has 2 atom stereocenters. The summed E-state index contributed by atoms with van der Waals surface area (Å²) < 4.78 is 5.94. The first kappa shape index (κ1) is 18.0. The number of likely N-dealkylation sites (tertiary alicyclic amines) is 1. The average Bonchev–Trinajstić information content (AvgIpc) is 2.58. The first-order valence-electron chi connectivity index (χ1n) is 9.04. The highest BCUT2D eigenvalue weighted by atomic mass is 16.5. The Kier molecular flexibility index (Phi) is 7.15. The minimum Gasteiger partial charge on any atom is -0.376 e. The zero-order valence-electron chi connectivity index (χ0n) is 14.3. The van der Waals surface area contributed by atoms with E-state index in [0.717, 1.165) is 32.4 Å². The molecule has 0 spiro atoms. The lowest BCUT2D eigenvalue weighted by atomic mass is 9.90. The van der Waals surface area contributed by atoms with Crippen molar-refractivity contribution in [1.82, 2.24) is 10.2 Å². The van der Waals surface area contributed by atoms with Gasteiger partial charge in [-0.2, -0.15) is 0 Å². The Balaban J connectivity index is 1.89. The molecule has 2 aliphatic rings. The summed E-state index contributed by atoms with van der Waals surface area (Å²) in [6.45, 7) is 4.02. The third kappa shape index (κ3) is 5.68. The van der Waals surface area contributed by atoms with Crippen molar-refractivity contribution in [3.05, 3.63) is 0 Å². The van der Waals surface area contributed by atoms with Crippen molar-refractivity contribution in [2.45, 2.75) is 70.4 Å². The van der Waals surface area contributed by atoms with Gasteiger partial charge in [0, 0.05) is 19.7 Å². The lowest BCUT2D eigenvalue weighted by Crippen LogP contribution is -2.56. The summed E-state index contributed by atoms with van der Waals surface area (Å²) in [5, 5.41) is 2.59. The molecular formula is C17H31N3O3. The van der Waals surface area contributed by atoms with Crippen molar-refractivity contribution < 1.29 is 14.3 Å². The monoisotopic (exact) mass is 325 g/mol. The van der Waals surface area contributed by atoms with Gasteiger partial charge in [0.1, 0.15) is 6.04 Å². The van der Waals surface area contributed by atoms with Crippen molar-refractivity contribution in [3.8, 4) is 0 Å². The summed E-state index contributed by atoms with van der Waals surface area (Å²) in [4.78, 5) is 25.8. The van der Waals surface area contributed by atoms with E-state index >= 15 is 0 Å². The highest BCUT2D eigenvalue weighted by Gasteiger charge is 2.32. The number of ether oxygens (including phenoxy) is 1. The molecule has 0 aromatic heterocycles. The number of carbonyl (C=O) groups is 2. The minimum atomic E-state index is -0.686. The van der Waals surface area contributed by atoms with Crippen LogP contribution in [0.5, 0.6) is 0 Å². The summed E-state index contributed by atoms with van der Waals surface area (Å²) in [7, 11) is 0. The number of hydrogen-bond donors (Lipinski definition) is 2. The molecule has 23 heavy (non-hydrogen) atoms. The third-order valence-electron chi connectivity index (χ3n) is 5.02. The van der Waals surface area contributed by atoms with Gasteiger partial charge in [-0.15, -0.1) is 0 Å². The minimum absolute atomic E-state index is 0.0698. The molecule has 3 N–H and O–H groups in total. The number of nitrogens with two attached hydrogens (primary N) is 1. The number of urea groups is 1. The van der Waals surface area contributed by atoms with Crippen molar-refractivity contribution >= 4 is 11.9 Å². The molecule has 2 rings (SSSR count). The van der Waals surface area contributed by atoms with Crippen molar-refractivity contribution in [2.75, 3.05) is 19.7 Å². The SMILES string of the molecule is CC(OCC1CCCCC1)C(NC(N)=O)C(=O)N1CCCCC1. The van der Waals surface area contributed by atoms with E-state index in [1.807, 2.05) is 11.8 Å². The molecule has 1 aliphatic carbocycles. The highest BCUT2D eigenvalue weighted by molar-refractivity contribution is 5.87. The molecule has 1 heterocycles. The highest BCUT2D eigenvalue weighted by Crippen LogP contribution is 2.24. The van der Waals surface area contributed by atoms with Crippen LogP contribution in [0.3, 0.4) is 0 Å². The topological polar surface area (TPSA) is 84.7 Å². The number of amides is 3. The van der Waals surface area contributed by atoms with Crippen LogP contribution in [0.15, 0.2) is 0 Å². The van der Waals surface area contributed by atoms with Gasteiger partial charge in [0.2, 0.25) is 5.91 Å². The second kappa shape index (κ2) is 9.11. The number of nitrogens with zero attached hydrogens (tertiary/aromatic N) is 1. The fourth-order valence-corrected chi connectivity index (χ4v) is 3.58. The average molecular weight is 325 g/mol. The van der Waals surface area contributed by atoms with Gasteiger partial charge in [-0.25, -0.2) is 4.79 Å². The fraction of sp³-hybridized carbons (Fsp3) is 0.882. The second-order valence-electron chi connectivity index (χ2n) is 6.91. The molecule has 0 bridgehead atoms. The first-order chi connectivity index (χ1) is 11.1. The Morgan fingerprint density at radius 1 is 1.13 bits per heavy atom. The van der Waals surface area contributed by atoms with E-state index in [9.17, 15) is 9.59 Å². The van der Waals surface area contributed by atoms with Gasteiger partial charge in [-0.05, 0) is 44.9 Å². The van der Waals surface area contributed by atoms with Gasteiger partial charge in [-0.1, -0.05) is 19.3 Å². The van der Waals surface area contributed by atoms with Gasteiger partial charge in [0.05, 0.1) is 6.10 Å². The van der Waals surface area contributed by atoms with E-state index in [0.29, 0.717) is 12.5 Å². The fourth-order valence-electron chi connectivity index (χ4n) is 3.58. The molecule has 6 nitrogen and oxygen atoms in total. The lowest BCUT2D eigenvalue weighted by Gasteiger charge is -2.33. The van der Waals surface area contributed by atoms with Crippen LogP contribution >= 0.6 is 0 Å². The molecule has 1 aliphatic heterocycles. The zero-order chi connectivity index (χ0) is 16.7. The van der Waals surface area contributed by atoms with Gasteiger partial charge in [0.25, 0.3) is 0 Å². The Hall–Kier alpha value is -1.30. The van der Waals surface area contributed by atoms with Crippen LogP contribution in [0.1, 0.15) is 58.3 Å². The zero-order valence-corrected chi connectivity index (χ0v) is 14.3. The number of primary amides is 1. The van der Waals surface area contributed by atoms with Gasteiger partial charge in [0.15, 0.2) is 0 Å². The molecule has 0 aromatic rings. The van der Waals surface area contributed by atoms with Crippen LogP contribution in [-0.4, -0.2) is 48.7 Å². The summed E-state index contributed by atoms with van der Waals surface area (Å²) in [5.41, 5.74) is 5.26. The van der Waals surface area contributed by atoms with Crippen LogP contribution in [0.4, 0.5) is 4.79 Å². The van der Waals surface area contributed by atoms with Crippen LogP contribution < -0.4 is 11.1 Å². The lowest BCUT2D eigenvalue weighted by molar-refractivity contribution is -0.138. The maximum Gasteiger partial charge on any atom is 0.312 e. The molecule has 1 saturated carbocycles. The first-order valence-corrected chi connectivity index (χ1v) is 9.04. The molecule has 3 amide bonds. The normalized spacial score (nSPS) is 22.4. The van der Waals surface area contributed by atoms with E-state index < -0.39 is 12.1 Å². The summed E-state index contributed by atoms with van der Waals surface area (Å²) in [6, 6.07) is -1.36. The summed E-state index contributed by atoms with van der Waals surface area (Å²) in [6.07, 6.45) is 9.06. The van der Waals surface area contributed by atoms with E-state index in [1.54, 1.807) is 0 Å². The molecule has 6 heteroatoms. The van der Waals surface area contributed by atoms with E-state index in [-0.39, 0.29) is 12.0 Å². The molecule has 132 valence electrons. The quantitative estimate of drug-likeness (QED) is 0.783. The second-order valence-corrected chi connectivity index (χ2v) is 6.91. The van der Waals surface area contributed by atoms with E-state index in [1.165, 1.54) is 32.1 Å². The third-order valence-corrected chi connectivity index (χ3v) is 5.02. The van der Waals surface area contributed by atoms with Gasteiger partial charge >= 0.3 is 6.03 Å². The van der Waals surface area contributed by atoms with Crippen molar-refractivity contribution in [3.63, 3.8) is 0 Å². The Labute approximate surface area is 139 Å². The standard InChI is InChI=1S/C17H31N3O3/c1-13(23-12-14-8-4-2-5-9-14)15(19-17(18)22)16(21)20-10-6-3-7-11-20/h13-15H,2-12H2,1H3,(H3,18,19,22). The van der Waals surface area contributed by atoms with Gasteiger partial charge in [-0.3, -0.25) is 4.79 Å². The number of rotatable bonds is 6. The maximum absolute atomic E-state index is 12.7. The number of nitrogens with one attached hydrogen (secondary N) is 1. The van der Waals surface area contributed by atoms with Crippen molar-refractivity contribution in [1.29, 1.82) is 0 Å². The largest absolute Gasteiger partial charge is 0.376 e. The van der Waals surface area contributed by atoms with Crippen molar-refractivity contribution in [2.24, 2.45) is 11.7 Å². The van der Waals surface area contributed by atoms with Crippen LogP contribution in [0.2, 0.25) is 0 Å². The maximum atomic E-state index is 12.7. The molecular weight excluding hydrogens is 294 g/mol. The molecule has 0 aromatic carbocycles. The van der Waals surface area contributed by atoms with E-state index in [4.69, 9.17) is 10.5 Å². The number of piperidine rings is 1. The Morgan fingerprint density at radius 2 is 1.74 bits per heavy atom. The molecule has 2 unspecified atom stereocenters. The van der Waals surface area contributed by atoms with Crippen LogP contribution in [0, 0.1) is 5.92 Å². The Morgan fingerprint density at radius 3 is 2.35 bits per heavy atom. The number of carbonyl (C=O) groups excluding carboxylic acids is 2. The Bertz CT molecular complexity index is 391. The summed E-state index contributed by atoms with van der Waals surface area (Å²) >= 11 is 0. The summed E-state index contributed by atoms with van der Waals surface area (Å²) in [5.74, 6) is 0.505. The van der Waals surface area contributed by atoms with E-state index in [2.05, 4.69) is 5.32 Å². The number of hydrogen-bond acceptors (Lipinski definition) is 3. The smallest absolute Gasteiger partial charge is 0.312 e. The predicted molar refractivity (Wildman–Crippen MR) is 88.9 cm³/mol. The molecule has 1 saturated heterocycles. The van der Waals surface area contributed by atoms with Gasteiger partial charge < -0.3 is 20.7 Å². The molecule has 0 radical (unpaired) electrons.